The van der Waals surface area contributed by atoms with E-state index >= 15 is 0 Å². The molecule has 9 nitrogen and oxygen atoms in total. The van der Waals surface area contributed by atoms with E-state index in [9.17, 15) is 20.1 Å². The fourth-order valence-corrected chi connectivity index (χ4v) is 8.68. The van der Waals surface area contributed by atoms with Crippen LogP contribution < -0.4 is 10.6 Å². The highest BCUT2D eigenvalue weighted by molar-refractivity contribution is 8.00. The Morgan fingerprint density at radius 3 is 2.55 bits per heavy atom. The van der Waals surface area contributed by atoms with Gasteiger partial charge in [-0.3, -0.25) is 9.78 Å². The van der Waals surface area contributed by atoms with Crippen LogP contribution in [0.25, 0.3) is 11.1 Å². The third-order valence-corrected chi connectivity index (χ3v) is 11.2. The van der Waals surface area contributed by atoms with Crippen LogP contribution >= 0.6 is 23.5 Å². The van der Waals surface area contributed by atoms with E-state index in [0.717, 1.165) is 41.8 Å². The number of pyridine rings is 1. The molecule has 0 spiro atoms. The van der Waals surface area contributed by atoms with E-state index in [0.29, 0.717) is 18.4 Å². The summed E-state index contributed by atoms with van der Waals surface area (Å²) < 4.78 is 12.5. The number of nitrogens with zero attached hydrogens (tertiary/aromatic N) is 1. The zero-order valence-corrected chi connectivity index (χ0v) is 27.5. The van der Waals surface area contributed by atoms with Crippen LogP contribution in [0.4, 0.5) is 0 Å². The molecule has 11 heteroatoms. The molecule has 44 heavy (non-hydrogen) atoms. The Labute approximate surface area is 269 Å². The van der Waals surface area contributed by atoms with Gasteiger partial charge in [-0.1, -0.05) is 39.0 Å². The maximum absolute atomic E-state index is 14.0. The first-order valence-corrected chi connectivity index (χ1v) is 17.9. The number of carbonyl (C=O) groups excluding carboxylic acids is 1. The first-order chi connectivity index (χ1) is 21.2. The van der Waals surface area contributed by atoms with E-state index in [1.165, 1.54) is 11.8 Å². The number of fused-ring (bicyclic) bond motifs is 1. The summed E-state index contributed by atoms with van der Waals surface area (Å²) in [5.74, 6) is 1.26. The van der Waals surface area contributed by atoms with E-state index in [1.807, 2.05) is 49.5 Å². The lowest BCUT2D eigenvalue weighted by molar-refractivity contribution is -0.205. The Bertz CT molecular complexity index is 1210. The van der Waals surface area contributed by atoms with Crippen molar-refractivity contribution >= 4 is 29.4 Å². The average molecular weight is 646 g/mol. The van der Waals surface area contributed by atoms with Gasteiger partial charge < -0.3 is 35.4 Å². The highest BCUT2D eigenvalue weighted by atomic mass is 32.2. The highest BCUT2D eigenvalue weighted by Crippen LogP contribution is 2.36. The van der Waals surface area contributed by atoms with Crippen LogP contribution in [0.1, 0.15) is 40.0 Å². The van der Waals surface area contributed by atoms with E-state index in [1.54, 1.807) is 24.2 Å². The largest absolute Gasteiger partial charge is 0.388 e. The molecule has 5 rings (SSSR count). The number of ether oxygens (including phenoxy) is 2. The molecule has 3 fully saturated rings. The first-order valence-electron chi connectivity index (χ1n) is 15.7. The quantitative estimate of drug-likeness (QED) is 0.245. The van der Waals surface area contributed by atoms with Crippen LogP contribution in [0.5, 0.6) is 0 Å². The zero-order chi connectivity index (χ0) is 31.4. The summed E-state index contributed by atoms with van der Waals surface area (Å²) in [7, 11) is 0. The van der Waals surface area contributed by atoms with Crippen molar-refractivity contribution in [3.05, 3.63) is 48.8 Å². The van der Waals surface area contributed by atoms with Crippen molar-refractivity contribution in [1.82, 2.24) is 15.6 Å². The van der Waals surface area contributed by atoms with Crippen LogP contribution in [0.3, 0.4) is 0 Å². The van der Waals surface area contributed by atoms with Gasteiger partial charge in [-0.15, -0.1) is 23.5 Å². The van der Waals surface area contributed by atoms with Crippen molar-refractivity contribution in [3.63, 3.8) is 0 Å². The van der Waals surface area contributed by atoms with Gasteiger partial charge in [0.05, 0.1) is 12.1 Å². The summed E-state index contributed by atoms with van der Waals surface area (Å²) in [5.41, 5.74) is 1.33. The van der Waals surface area contributed by atoms with Crippen molar-refractivity contribution in [2.45, 2.75) is 98.2 Å². The number of aliphatic hydroxyl groups is 3. The molecule has 1 amide bonds. The van der Waals surface area contributed by atoms with Gasteiger partial charge in [0, 0.05) is 35.7 Å². The minimum atomic E-state index is -1.40. The molecule has 0 aliphatic carbocycles. The second-order valence-electron chi connectivity index (χ2n) is 12.8. The molecule has 3 aliphatic heterocycles. The fraction of sp³-hybridized carbons (Fsp3) is 0.636. The van der Waals surface area contributed by atoms with Crippen molar-refractivity contribution in [2.75, 3.05) is 19.4 Å². The Kier molecular flexibility index (Phi) is 11.7. The molecule has 5 unspecified atom stereocenters. The van der Waals surface area contributed by atoms with Gasteiger partial charge in [0.2, 0.25) is 5.91 Å². The standard InChI is InChI=1S/C33H47N3O6S2/c1-18(2)14-20-11-13-41-30-23(15-20)17-35-26(30)32(40)36-25(31-28(38)27(37)29(39)33(42-31)43-4)19(3)44-24-9-7-21(8-10-24)22-6-5-12-34-16-22/h5-10,12,16,18-20,23,25-31,33,35,37-39H,11,13-15,17H2,1-4H3,(H,36,40)/t19-,20-,23-,25+,26-,27?,28?,29?,30+,31?,33?/m0/s1. The van der Waals surface area contributed by atoms with Gasteiger partial charge in [0.25, 0.3) is 0 Å². The van der Waals surface area contributed by atoms with Gasteiger partial charge in [-0.2, -0.15) is 0 Å². The van der Waals surface area contributed by atoms with Gasteiger partial charge >= 0.3 is 0 Å². The summed E-state index contributed by atoms with van der Waals surface area (Å²) in [6, 6.07) is 10.8. The van der Waals surface area contributed by atoms with Crippen LogP contribution in [0.2, 0.25) is 0 Å². The summed E-state index contributed by atoms with van der Waals surface area (Å²) in [6.07, 6.45) is 3.36. The number of carbonyl (C=O) groups is 1. The van der Waals surface area contributed by atoms with Crippen molar-refractivity contribution in [2.24, 2.45) is 17.8 Å². The summed E-state index contributed by atoms with van der Waals surface area (Å²) in [5, 5.41) is 38.7. The van der Waals surface area contributed by atoms with Crippen molar-refractivity contribution in [1.29, 1.82) is 0 Å². The highest BCUT2D eigenvalue weighted by Gasteiger charge is 2.50. The molecule has 1 aromatic carbocycles. The van der Waals surface area contributed by atoms with Crippen LogP contribution in [-0.2, 0) is 14.3 Å². The number of hydrogen-bond donors (Lipinski definition) is 5. The number of rotatable bonds is 10. The molecule has 242 valence electrons. The molecule has 3 aliphatic rings. The molecule has 5 N–H and O–H groups in total. The Morgan fingerprint density at radius 2 is 1.86 bits per heavy atom. The average Bonchev–Trinajstić information content (AvgIpc) is 3.31. The molecule has 0 saturated carbocycles. The zero-order valence-electron chi connectivity index (χ0n) is 25.9. The van der Waals surface area contributed by atoms with E-state index in [2.05, 4.69) is 29.5 Å². The van der Waals surface area contributed by atoms with Crippen LogP contribution in [0.15, 0.2) is 53.7 Å². The number of thioether (sulfide) groups is 2. The smallest absolute Gasteiger partial charge is 0.240 e. The Balaban J connectivity index is 1.34. The Morgan fingerprint density at radius 1 is 1.09 bits per heavy atom. The molecular formula is C33H47N3O6S2. The summed E-state index contributed by atoms with van der Waals surface area (Å²) in [4.78, 5) is 19.2. The molecule has 3 saturated heterocycles. The molecule has 11 atom stereocenters. The third-order valence-electron chi connectivity index (χ3n) is 9.13. The number of aromatic nitrogens is 1. The number of aliphatic hydroxyl groups excluding tert-OH is 3. The topological polar surface area (TPSA) is 133 Å². The predicted molar refractivity (Wildman–Crippen MR) is 174 cm³/mol. The molecule has 4 heterocycles. The second-order valence-corrected chi connectivity index (χ2v) is 15.2. The normalized spacial score (nSPS) is 33.8. The number of nitrogens with one attached hydrogen (secondary N) is 2. The lowest BCUT2D eigenvalue weighted by Crippen LogP contribution is -2.65. The summed E-state index contributed by atoms with van der Waals surface area (Å²) >= 11 is 2.82. The minimum Gasteiger partial charge on any atom is -0.388 e. The SMILES string of the molecule is CSC1OC([C@H](NC(=O)[C@H]2NC[C@@H]3C[C@H](CC(C)C)CCO[C@H]32)[C@H](C)Sc2ccc(-c3cccnc3)cc2)C(O)C(O)C1O. The first kappa shape index (κ1) is 33.7. The molecule has 1 aromatic heterocycles. The third kappa shape index (κ3) is 7.81. The van der Waals surface area contributed by atoms with Gasteiger partial charge in [-0.25, -0.2) is 0 Å². The van der Waals surface area contributed by atoms with E-state index in [-0.39, 0.29) is 23.2 Å². The predicted octanol–water partition coefficient (Wildman–Crippen LogP) is 3.31. The van der Waals surface area contributed by atoms with E-state index in [4.69, 9.17) is 9.47 Å². The molecule has 0 bridgehead atoms. The molecular weight excluding hydrogens is 599 g/mol. The monoisotopic (exact) mass is 645 g/mol. The second kappa shape index (κ2) is 15.3. The lowest BCUT2D eigenvalue weighted by Gasteiger charge is -2.44. The molecule has 0 radical (unpaired) electrons. The fourth-order valence-electron chi connectivity index (χ4n) is 6.91. The van der Waals surface area contributed by atoms with Gasteiger partial charge in [0.1, 0.15) is 35.9 Å². The lowest BCUT2D eigenvalue weighted by atomic mass is 9.85. The molecule has 2 aromatic rings. The van der Waals surface area contributed by atoms with E-state index < -0.39 is 41.9 Å². The van der Waals surface area contributed by atoms with Crippen molar-refractivity contribution in [3.8, 4) is 11.1 Å². The number of benzene rings is 1. The maximum atomic E-state index is 14.0. The van der Waals surface area contributed by atoms with Crippen LogP contribution in [0, 0.1) is 17.8 Å². The minimum absolute atomic E-state index is 0.207. The number of amides is 1. The van der Waals surface area contributed by atoms with Gasteiger partial charge in [0.15, 0.2) is 0 Å². The van der Waals surface area contributed by atoms with Gasteiger partial charge in [-0.05, 0) is 72.6 Å². The Hall–Kier alpha value is -1.70. The maximum Gasteiger partial charge on any atom is 0.240 e. The number of hydrogen-bond acceptors (Lipinski definition) is 10. The summed E-state index contributed by atoms with van der Waals surface area (Å²) in [6.45, 7) is 7.84. The van der Waals surface area contributed by atoms with Crippen LogP contribution in [-0.4, -0.2) is 98.9 Å². The van der Waals surface area contributed by atoms with Crippen molar-refractivity contribution < 1.29 is 29.6 Å².